The quantitative estimate of drug-likeness (QED) is 0.502. The molecule has 6 nitrogen and oxygen atoms in total. The Balaban J connectivity index is 1.97. The molecule has 120 valence electrons. The van der Waals surface area contributed by atoms with Crippen molar-refractivity contribution in [2.45, 2.75) is 12.8 Å². The van der Waals surface area contributed by atoms with E-state index in [4.69, 9.17) is 23.2 Å². The standard InChI is InChI=1S/C15H13Cl2N3O3/c1-9(10-2-4-12(5-3-10)20(22)23)7-19-15(21)11-6-13(16)14(17)18-8-11/h2-6,8-9H,7H2,1H3,(H,19,21). The van der Waals surface area contributed by atoms with Crippen LogP contribution in [0.4, 0.5) is 5.69 Å². The van der Waals surface area contributed by atoms with Crippen molar-refractivity contribution in [3.05, 3.63) is 67.9 Å². The number of non-ortho nitro benzene ring substituents is 1. The SMILES string of the molecule is CC(CNC(=O)c1cnc(Cl)c(Cl)c1)c1ccc([N+](=O)[O-])cc1. The van der Waals surface area contributed by atoms with Gasteiger partial charge < -0.3 is 5.32 Å². The van der Waals surface area contributed by atoms with E-state index in [1.807, 2.05) is 6.92 Å². The highest BCUT2D eigenvalue weighted by molar-refractivity contribution is 6.41. The molecule has 2 aromatic rings. The molecule has 0 aliphatic rings. The van der Waals surface area contributed by atoms with Crippen LogP contribution in [-0.4, -0.2) is 22.4 Å². The third-order valence-electron chi connectivity index (χ3n) is 3.30. The normalized spacial score (nSPS) is 11.8. The van der Waals surface area contributed by atoms with Gasteiger partial charge in [-0.05, 0) is 17.5 Å². The van der Waals surface area contributed by atoms with Gasteiger partial charge in [-0.2, -0.15) is 0 Å². The molecule has 1 aromatic carbocycles. The fourth-order valence-electron chi connectivity index (χ4n) is 1.94. The van der Waals surface area contributed by atoms with Gasteiger partial charge in [0.05, 0.1) is 15.5 Å². The number of hydrogen-bond acceptors (Lipinski definition) is 4. The molecule has 1 unspecified atom stereocenters. The van der Waals surface area contributed by atoms with E-state index in [2.05, 4.69) is 10.3 Å². The predicted molar refractivity (Wildman–Crippen MR) is 88.1 cm³/mol. The van der Waals surface area contributed by atoms with Crippen molar-refractivity contribution in [1.29, 1.82) is 0 Å². The van der Waals surface area contributed by atoms with Crippen molar-refractivity contribution in [1.82, 2.24) is 10.3 Å². The molecule has 0 fully saturated rings. The topological polar surface area (TPSA) is 85.1 Å². The number of nitrogens with zero attached hydrogens (tertiary/aromatic N) is 2. The number of nitro groups is 1. The predicted octanol–water partition coefficient (Wildman–Crippen LogP) is 3.83. The smallest absolute Gasteiger partial charge is 0.269 e. The van der Waals surface area contributed by atoms with Gasteiger partial charge in [-0.1, -0.05) is 42.3 Å². The van der Waals surface area contributed by atoms with E-state index < -0.39 is 4.92 Å². The molecule has 0 aliphatic carbocycles. The molecule has 8 heteroatoms. The Morgan fingerprint density at radius 3 is 2.57 bits per heavy atom. The highest BCUT2D eigenvalue weighted by Crippen LogP contribution is 2.21. The summed E-state index contributed by atoms with van der Waals surface area (Å²) in [6.07, 6.45) is 1.35. The van der Waals surface area contributed by atoms with E-state index in [1.54, 1.807) is 12.1 Å². The second-order valence-corrected chi connectivity index (χ2v) is 5.72. The maximum atomic E-state index is 12.0. The van der Waals surface area contributed by atoms with Crippen LogP contribution in [0.3, 0.4) is 0 Å². The van der Waals surface area contributed by atoms with E-state index in [1.165, 1.54) is 24.4 Å². The minimum atomic E-state index is -0.451. The molecular formula is C15H13Cl2N3O3. The van der Waals surface area contributed by atoms with Crippen LogP contribution in [0.25, 0.3) is 0 Å². The first-order valence-corrected chi connectivity index (χ1v) is 7.47. The second kappa shape index (κ2) is 7.39. The van der Waals surface area contributed by atoms with Crippen LogP contribution in [0.1, 0.15) is 28.8 Å². The minimum Gasteiger partial charge on any atom is -0.351 e. The molecular weight excluding hydrogens is 341 g/mol. The fourth-order valence-corrected chi connectivity index (χ4v) is 2.21. The van der Waals surface area contributed by atoms with Crippen LogP contribution in [0.2, 0.25) is 10.2 Å². The van der Waals surface area contributed by atoms with Crippen LogP contribution in [0.5, 0.6) is 0 Å². The number of nitro benzene ring substituents is 1. The van der Waals surface area contributed by atoms with Crippen molar-refractivity contribution in [2.75, 3.05) is 6.54 Å². The van der Waals surface area contributed by atoms with Crippen LogP contribution in [0.15, 0.2) is 36.5 Å². The summed E-state index contributed by atoms with van der Waals surface area (Å²) in [5, 5.41) is 13.7. The highest BCUT2D eigenvalue weighted by Gasteiger charge is 2.13. The van der Waals surface area contributed by atoms with Crippen molar-refractivity contribution < 1.29 is 9.72 Å². The Morgan fingerprint density at radius 1 is 1.35 bits per heavy atom. The first kappa shape index (κ1) is 17.2. The third kappa shape index (κ3) is 4.40. The lowest BCUT2D eigenvalue weighted by Gasteiger charge is -2.13. The fraction of sp³-hybridized carbons (Fsp3) is 0.200. The number of carbonyl (C=O) groups is 1. The summed E-state index contributed by atoms with van der Waals surface area (Å²) in [4.78, 5) is 26.0. The molecule has 1 atom stereocenters. The molecule has 0 spiro atoms. The van der Waals surface area contributed by atoms with E-state index >= 15 is 0 Å². The largest absolute Gasteiger partial charge is 0.351 e. The van der Waals surface area contributed by atoms with Crippen molar-refractivity contribution in [3.63, 3.8) is 0 Å². The Bertz CT molecular complexity index is 735. The number of amides is 1. The average molecular weight is 354 g/mol. The van der Waals surface area contributed by atoms with Crippen LogP contribution in [0, 0.1) is 10.1 Å². The lowest BCUT2D eigenvalue weighted by atomic mass is 10.0. The van der Waals surface area contributed by atoms with Gasteiger partial charge in [0, 0.05) is 24.9 Å². The molecule has 0 bridgehead atoms. The minimum absolute atomic E-state index is 0.00418. The Morgan fingerprint density at radius 2 is 2.00 bits per heavy atom. The number of carbonyl (C=O) groups excluding carboxylic acids is 1. The van der Waals surface area contributed by atoms with E-state index in [-0.39, 0.29) is 27.7 Å². The number of nitrogens with one attached hydrogen (secondary N) is 1. The number of rotatable bonds is 5. The van der Waals surface area contributed by atoms with Gasteiger partial charge in [0.25, 0.3) is 11.6 Å². The summed E-state index contributed by atoms with van der Waals surface area (Å²) >= 11 is 11.5. The molecule has 0 saturated carbocycles. The first-order chi connectivity index (χ1) is 10.9. The van der Waals surface area contributed by atoms with Gasteiger partial charge in [-0.15, -0.1) is 0 Å². The van der Waals surface area contributed by atoms with Gasteiger partial charge >= 0.3 is 0 Å². The lowest BCUT2D eigenvalue weighted by molar-refractivity contribution is -0.384. The molecule has 2 rings (SSSR count). The molecule has 1 heterocycles. The summed E-state index contributed by atoms with van der Waals surface area (Å²) in [5.74, 6) is -0.319. The van der Waals surface area contributed by atoms with Gasteiger partial charge in [-0.3, -0.25) is 14.9 Å². The number of benzene rings is 1. The summed E-state index contributed by atoms with van der Waals surface area (Å²) in [5.41, 5.74) is 1.24. The highest BCUT2D eigenvalue weighted by atomic mass is 35.5. The zero-order valence-corrected chi connectivity index (χ0v) is 13.6. The van der Waals surface area contributed by atoms with Gasteiger partial charge in [-0.25, -0.2) is 4.98 Å². The monoisotopic (exact) mass is 353 g/mol. The van der Waals surface area contributed by atoms with E-state index in [9.17, 15) is 14.9 Å². The summed E-state index contributed by atoms with van der Waals surface area (Å²) < 4.78 is 0. The van der Waals surface area contributed by atoms with E-state index in [0.29, 0.717) is 12.1 Å². The van der Waals surface area contributed by atoms with Crippen molar-refractivity contribution in [2.24, 2.45) is 0 Å². The summed E-state index contributed by atoms with van der Waals surface area (Å²) in [7, 11) is 0. The molecule has 1 aromatic heterocycles. The number of pyridine rings is 1. The number of hydrogen-bond donors (Lipinski definition) is 1. The Hall–Kier alpha value is -2.18. The molecule has 0 saturated heterocycles. The van der Waals surface area contributed by atoms with Gasteiger partial charge in [0.1, 0.15) is 5.15 Å². The molecule has 0 aliphatic heterocycles. The first-order valence-electron chi connectivity index (χ1n) is 6.72. The molecule has 1 N–H and O–H groups in total. The summed E-state index contributed by atoms with van der Waals surface area (Å²) in [6.45, 7) is 2.28. The number of aromatic nitrogens is 1. The summed E-state index contributed by atoms with van der Waals surface area (Å²) in [6, 6.07) is 7.68. The molecule has 1 amide bonds. The van der Waals surface area contributed by atoms with Crippen LogP contribution in [-0.2, 0) is 0 Å². The average Bonchev–Trinajstić information content (AvgIpc) is 2.54. The van der Waals surface area contributed by atoms with Crippen molar-refractivity contribution in [3.8, 4) is 0 Å². The second-order valence-electron chi connectivity index (χ2n) is 4.96. The maximum absolute atomic E-state index is 12.0. The zero-order chi connectivity index (χ0) is 17.0. The van der Waals surface area contributed by atoms with Crippen LogP contribution < -0.4 is 5.32 Å². The van der Waals surface area contributed by atoms with Gasteiger partial charge in [0.2, 0.25) is 0 Å². The van der Waals surface area contributed by atoms with Crippen LogP contribution >= 0.6 is 23.2 Å². The van der Waals surface area contributed by atoms with Gasteiger partial charge in [0.15, 0.2) is 0 Å². The third-order valence-corrected chi connectivity index (χ3v) is 3.99. The maximum Gasteiger partial charge on any atom is 0.269 e. The lowest BCUT2D eigenvalue weighted by Crippen LogP contribution is -2.27. The Kier molecular flexibility index (Phi) is 5.52. The Labute approximate surface area is 142 Å². The number of halogens is 2. The molecule has 0 radical (unpaired) electrons. The van der Waals surface area contributed by atoms with Crippen molar-refractivity contribution >= 4 is 34.8 Å². The molecule has 23 heavy (non-hydrogen) atoms. The van der Waals surface area contributed by atoms with E-state index in [0.717, 1.165) is 5.56 Å². The zero-order valence-electron chi connectivity index (χ0n) is 12.1.